The first-order valence-corrected chi connectivity index (χ1v) is 6.43. The molecule has 0 amide bonds. The minimum atomic E-state index is -1.26. The number of nitrogens with zero attached hydrogens (tertiary/aromatic N) is 1. The van der Waals surface area contributed by atoms with Crippen molar-refractivity contribution in [2.24, 2.45) is 5.92 Å². The Morgan fingerprint density at radius 1 is 1.10 bits per heavy atom. The van der Waals surface area contributed by atoms with Crippen LogP contribution in [0.4, 0.5) is 0 Å². The van der Waals surface area contributed by atoms with Crippen molar-refractivity contribution in [2.45, 2.75) is 19.8 Å². The van der Waals surface area contributed by atoms with E-state index in [1.807, 2.05) is 6.07 Å². The van der Waals surface area contributed by atoms with Crippen molar-refractivity contribution < 1.29 is 19.1 Å². The molecular formula is C15H17NO4. The molecule has 0 unspecified atom stereocenters. The van der Waals surface area contributed by atoms with Crippen LogP contribution in [0.1, 0.15) is 25.3 Å². The lowest BCUT2D eigenvalue weighted by Crippen LogP contribution is -2.33. The van der Waals surface area contributed by atoms with Gasteiger partial charge in [-0.2, -0.15) is 5.26 Å². The van der Waals surface area contributed by atoms with Crippen LogP contribution < -0.4 is 0 Å². The summed E-state index contributed by atoms with van der Waals surface area (Å²) in [6, 6.07) is 10.7. The molecule has 1 rings (SSSR count). The third-order valence-corrected chi connectivity index (χ3v) is 2.71. The van der Waals surface area contributed by atoms with Gasteiger partial charge in [0.2, 0.25) is 0 Å². The highest BCUT2D eigenvalue weighted by atomic mass is 16.6. The molecule has 0 aliphatic heterocycles. The highest BCUT2D eigenvalue weighted by molar-refractivity contribution is 5.96. The van der Waals surface area contributed by atoms with E-state index in [0.29, 0.717) is 5.56 Å². The lowest BCUT2D eigenvalue weighted by Gasteiger charge is -2.19. The van der Waals surface area contributed by atoms with Crippen LogP contribution in [-0.2, 0) is 19.1 Å². The molecule has 20 heavy (non-hydrogen) atoms. The highest BCUT2D eigenvalue weighted by Crippen LogP contribution is 2.26. The molecule has 1 aromatic rings. The van der Waals surface area contributed by atoms with Crippen molar-refractivity contribution in [3.05, 3.63) is 35.9 Å². The van der Waals surface area contributed by atoms with Crippen molar-refractivity contribution >= 4 is 11.9 Å². The zero-order chi connectivity index (χ0) is 15.0. The maximum atomic E-state index is 12.0. The third-order valence-electron chi connectivity index (χ3n) is 2.71. The summed E-state index contributed by atoms with van der Waals surface area (Å²) in [7, 11) is 0. The van der Waals surface area contributed by atoms with E-state index in [0.717, 1.165) is 0 Å². The Morgan fingerprint density at radius 2 is 1.60 bits per heavy atom. The van der Waals surface area contributed by atoms with Crippen LogP contribution in [0.3, 0.4) is 0 Å². The van der Waals surface area contributed by atoms with E-state index in [1.165, 1.54) is 0 Å². The van der Waals surface area contributed by atoms with Gasteiger partial charge in [-0.05, 0) is 19.4 Å². The summed E-state index contributed by atoms with van der Waals surface area (Å²) in [6.07, 6.45) is 0. The largest absolute Gasteiger partial charge is 0.465 e. The molecule has 0 radical (unpaired) electrons. The van der Waals surface area contributed by atoms with Gasteiger partial charge in [-0.25, -0.2) is 0 Å². The Kier molecular flexibility index (Phi) is 6.24. The van der Waals surface area contributed by atoms with E-state index in [-0.39, 0.29) is 13.2 Å². The number of carbonyl (C=O) groups excluding carboxylic acids is 2. The van der Waals surface area contributed by atoms with Gasteiger partial charge < -0.3 is 9.47 Å². The van der Waals surface area contributed by atoms with Gasteiger partial charge in [-0.3, -0.25) is 9.59 Å². The molecule has 0 aliphatic rings. The normalized spacial score (nSPS) is 11.5. The molecule has 106 valence electrons. The fourth-order valence-corrected chi connectivity index (χ4v) is 1.83. The van der Waals surface area contributed by atoms with Crippen LogP contribution in [0, 0.1) is 17.2 Å². The first kappa shape index (κ1) is 15.7. The number of ether oxygens (including phenoxy) is 2. The first-order valence-electron chi connectivity index (χ1n) is 6.43. The number of benzene rings is 1. The van der Waals surface area contributed by atoms with Gasteiger partial charge >= 0.3 is 11.9 Å². The molecular weight excluding hydrogens is 258 g/mol. The number of esters is 2. The molecule has 0 aliphatic carbocycles. The Labute approximate surface area is 118 Å². The molecule has 1 atom stereocenters. The van der Waals surface area contributed by atoms with Gasteiger partial charge in [0.25, 0.3) is 0 Å². The minimum Gasteiger partial charge on any atom is -0.465 e. The number of rotatable bonds is 6. The molecule has 0 saturated carbocycles. The summed E-state index contributed by atoms with van der Waals surface area (Å²) >= 11 is 0. The Bertz CT molecular complexity index is 474. The van der Waals surface area contributed by atoms with Crippen LogP contribution >= 0.6 is 0 Å². The number of nitriles is 1. The Morgan fingerprint density at radius 3 is 2.00 bits per heavy atom. The van der Waals surface area contributed by atoms with Crippen molar-refractivity contribution in [3.63, 3.8) is 0 Å². The fourth-order valence-electron chi connectivity index (χ4n) is 1.83. The number of hydrogen-bond donors (Lipinski definition) is 0. The van der Waals surface area contributed by atoms with E-state index in [1.54, 1.807) is 44.2 Å². The standard InChI is InChI=1S/C15H17NO4/c1-3-19-14(17)13(15(18)20-4-2)12(10-16)11-8-6-5-7-9-11/h5-9,12-13H,3-4H2,1-2H3/t12-/m0/s1. The molecule has 0 bridgehead atoms. The average Bonchev–Trinajstić information content (AvgIpc) is 2.45. The predicted molar refractivity (Wildman–Crippen MR) is 71.6 cm³/mol. The lowest BCUT2D eigenvalue weighted by molar-refractivity contribution is -0.162. The summed E-state index contributed by atoms with van der Waals surface area (Å²) in [5.74, 6) is -3.65. The van der Waals surface area contributed by atoms with Crippen LogP contribution in [0.5, 0.6) is 0 Å². The highest BCUT2D eigenvalue weighted by Gasteiger charge is 2.38. The van der Waals surface area contributed by atoms with Gasteiger partial charge in [0, 0.05) is 0 Å². The predicted octanol–water partition coefficient (Wildman–Crippen LogP) is 2.04. The van der Waals surface area contributed by atoms with E-state index >= 15 is 0 Å². The lowest BCUT2D eigenvalue weighted by atomic mass is 9.87. The maximum absolute atomic E-state index is 12.0. The summed E-state index contributed by atoms with van der Waals surface area (Å²) in [5.41, 5.74) is 0.584. The molecule has 0 aromatic heterocycles. The van der Waals surface area contributed by atoms with Crippen molar-refractivity contribution in [2.75, 3.05) is 13.2 Å². The molecule has 5 heteroatoms. The molecule has 0 saturated heterocycles. The molecule has 0 fully saturated rings. The first-order chi connectivity index (χ1) is 9.65. The molecule has 0 heterocycles. The van der Waals surface area contributed by atoms with E-state index in [9.17, 15) is 14.9 Å². The summed E-state index contributed by atoms with van der Waals surface area (Å²) in [6.45, 7) is 3.57. The zero-order valence-electron chi connectivity index (χ0n) is 11.5. The second-order valence-electron chi connectivity index (χ2n) is 4.00. The van der Waals surface area contributed by atoms with Crippen LogP contribution in [0.25, 0.3) is 0 Å². The van der Waals surface area contributed by atoms with Crippen molar-refractivity contribution in [1.29, 1.82) is 5.26 Å². The fraction of sp³-hybridized carbons (Fsp3) is 0.400. The summed E-state index contributed by atoms with van der Waals surface area (Å²) in [4.78, 5) is 23.9. The molecule has 5 nitrogen and oxygen atoms in total. The SMILES string of the molecule is CCOC(=O)C(C(=O)OCC)[C@@H](C#N)c1ccccc1. The molecule has 1 aromatic carbocycles. The maximum Gasteiger partial charge on any atom is 0.322 e. The Hall–Kier alpha value is -2.35. The average molecular weight is 275 g/mol. The van der Waals surface area contributed by atoms with Crippen LogP contribution in [-0.4, -0.2) is 25.2 Å². The van der Waals surface area contributed by atoms with E-state index in [2.05, 4.69) is 0 Å². The van der Waals surface area contributed by atoms with E-state index < -0.39 is 23.8 Å². The smallest absolute Gasteiger partial charge is 0.322 e. The topological polar surface area (TPSA) is 76.4 Å². The second kappa shape index (κ2) is 7.95. The number of carbonyl (C=O) groups is 2. The van der Waals surface area contributed by atoms with Crippen molar-refractivity contribution in [1.82, 2.24) is 0 Å². The van der Waals surface area contributed by atoms with Gasteiger partial charge in [0.1, 0.15) is 0 Å². The zero-order valence-corrected chi connectivity index (χ0v) is 11.5. The van der Waals surface area contributed by atoms with Crippen LogP contribution in [0.2, 0.25) is 0 Å². The van der Waals surface area contributed by atoms with Gasteiger partial charge in [-0.1, -0.05) is 30.3 Å². The number of hydrogen-bond acceptors (Lipinski definition) is 5. The van der Waals surface area contributed by atoms with E-state index in [4.69, 9.17) is 9.47 Å². The van der Waals surface area contributed by atoms with Gasteiger partial charge in [0.15, 0.2) is 5.92 Å². The summed E-state index contributed by atoms with van der Waals surface area (Å²) < 4.78 is 9.77. The third kappa shape index (κ3) is 3.82. The molecule has 0 N–H and O–H groups in total. The van der Waals surface area contributed by atoms with Gasteiger partial charge in [0.05, 0.1) is 25.2 Å². The van der Waals surface area contributed by atoms with Gasteiger partial charge in [-0.15, -0.1) is 0 Å². The minimum absolute atomic E-state index is 0.141. The Balaban J connectivity index is 3.10. The van der Waals surface area contributed by atoms with Crippen LogP contribution in [0.15, 0.2) is 30.3 Å². The quantitative estimate of drug-likeness (QED) is 0.586. The summed E-state index contributed by atoms with van der Waals surface area (Å²) in [5, 5.41) is 9.32. The molecule has 0 spiro atoms. The second-order valence-corrected chi connectivity index (χ2v) is 4.00. The van der Waals surface area contributed by atoms with Crippen molar-refractivity contribution in [3.8, 4) is 6.07 Å². The monoisotopic (exact) mass is 275 g/mol.